The average Bonchev–Trinajstić information content (AvgIpc) is 1.82. The van der Waals surface area contributed by atoms with Crippen molar-refractivity contribution >= 4 is 31.5 Å². The van der Waals surface area contributed by atoms with E-state index in [9.17, 15) is 4.57 Å². The van der Waals surface area contributed by atoms with Gasteiger partial charge in [-0.1, -0.05) is 0 Å². The van der Waals surface area contributed by atoms with E-state index in [1.807, 2.05) is 13.8 Å². The first-order valence-corrected chi connectivity index (χ1v) is 5.63. The molecule has 2 unspecified atom stereocenters. The van der Waals surface area contributed by atoms with Gasteiger partial charge in [-0.3, -0.25) is 4.57 Å². The van der Waals surface area contributed by atoms with E-state index >= 15 is 0 Å². The summed E-state index contributed by atoms with van der Waals surface area (Å²) < 4.78 is 14.1. The molecule has 0 saturated carbocycles. The normalized spacial score (nSPS) is 14.9. The molecule has 0 aromatic carbocycles. The average molecular weight is 237 g/mol. The van der Waals surface area contributed by atoms with Crippen LogP contribution in [0, 0.1) is 0 Å². The third kappa shape index (κ3) is 30.9. The van der Waals surface area contributed by atoms with Gasteiger partial charge in [0.15, 0.2) is 0 Å². The van der Waals surface area contributed by atoms with Crippen LogP contribution in [-0.2, 0) is 9.09 Å². The predicted octanol–water partition coefficient (Wildman–Crippen LogP) is 2.65. The second kappa shape index (κ2) is 9.82. The maximum Gasteiger partial charge on any atom is 0.316 e. The molecule has 3 nitrogen and oxygen atoms in total. The first-order chi connectivity index (χ1) is 5.36. The van der Waals surface area contributed by atoms with Gasteiger partial charge in [-0.25, -0.2) is 0 Å². The highest BCUT2D eigenvalue weighted by Crippen LogP contribution is 2.15. The molecule has 1 N–H and O–H groups in total. The van der Waals surface area contributed by atoms with Crippen molar-refractivity contribution in [3.05, 3.63) is 0 Å². The van der Waals surface area contributed by atoms with Crippen LogP contribution in [0.5, 0.6) is 0 Å². The summed E-state index contributed by atoms with van der Waals surface area (Å²) in [5, 5.41) is 0.107. The van der Waals surface area contributed by atoms with Crippen LogP contribution < -0.4 is 0 Å². The molecule has 0 aromatic heterocycles. The fourth-order valence-electron chi connectivity index (χ4n) is 0.186. The Kier molecular flexibility index (Phi) is 12.4. The van der Waals surface area contributed by atoms with Crippen LogP contribution in [0.3, 0.4) is 0 Å². The van der Waals surface area contributed by atoms with Gasteiger partial charge in [0.25, 0.3) is 0 Å². The van der Waals surface area contributed by atoms with Gasteiger partial charge in [-0.2, -0.15) is 0 Å². The summed E-state index contributed by atoms with van der Waals surface area (Å²) in [6.07, 6.45) is 0. The fraction of sp³-hybridized carbons (Fsp3) is 1.00. The zero-order valence-electron chi connectivity index (χ0n) is 7.38. The summed E-state index contributed by atoms with van der Waals surface area (Å²) in [6.45, 7) is 5.69. The van der Waals surface area contributed by atoms with E-state index in [1.165, 1.54) is 0 Å². The zero-order chi connectivity index (χ0) is 10.1. The summed E-state index contributed by atoms with van der Waals surface area (Å²) in [5.74, 6) is 0. The molecule has 0 heterocycles. The molecule has 2 atom stereocenters. The number of hydrogen-bond acceptors (Lipinski definition) is 2. The second-order valence-corrected chi connectivity index (χ2v) is 4.81. The van der Waals surface area contributed by atoms with E-state index in [2.05, 4.69) is 4.52 Å². The van der Waals surface area contributed by atoms with Crippen LogP contribution in [-0.4, -0.2) is 22.3 Å². The molecule has 0 aliphatic heterocycles. The monoisotopic (exact) mass is 236 g/mol. The first kappa shape index (κ1) is 15.2. The lowest BCUT2D eigenvalue weighted by Gasteiger charge is -1.98. The van der Waals surface area contributed by atoms with Crippen LogP contribution in [0.15, 0.2) is 0 Å². The molecule has 0 radical (unpaired) electrons. The Bertz CT molecular complexity index is 117. The Morgan fingerprint density at radius 3 is 1.83 bits per heavy atom. The quantitative estimate of drug-likeness (QED) is 0.606. The molecule has 0 fully saturated rings. The van der Waals surface area contributed by atoms with E-state index in [0.29, 0.717) is 5.38 Å². The van der Waals surface area contributed by atoms with Crippen molar-refractivity contribution in [2.75, 3.05) is 6.61 Å². The van der Waals surface area contributed by atoms with E-state index in [4.69, 9.17) is 28.1 Å². The van der Waals surface area contributed by atoms with Crippen molar-refractivity contribution in [1.82, 2.24) is 0 Å². The lowest BCUT2D eigenvalue weighted by atomic mass is 10.5. The van der Waals surface area contributed by atoms with Gasteiger partial charge in [-0.15, -0.1) is 23.2 Å². The fourth-order valence-corrected chi connectivity index (χ4v) is 0.747. The Morgan fingerprint density at radius 2 is 1.75 bits per heavy atom. The number of alkyl halides is 2. The third-order valence-corrected chi connectivity index (χ3v) is 0.976. The summed E-state index contributed by atoms with van der Waals surface area (Å²) in [6, 6.07) is 0. The molecule has 0 aliphatic rings. The second-order valence-electron chi connectivity index (χ2n) is 2.37. The Morgan fingerprint density at radius 1 is 1.42 bits per heavy atom. The molecule has 0 aliphatic carbocycles. The van der Waals surface area contributed by atoms with E-state index in [-0.39, 0.29) is 12.0 Å². The number of rotatable bonds is 3. The van der Waals surface area contributed by atoms with Crippen LogP contribution in [0.25, 0.3) is 0 Å². The smallest absolute Gasteiger partial charge is 0.316 e. The zero-order valence-corrected chi connectivity index (χ0v) is 9.89. The van der Waals surface area contributed by atoms with Gasteiger partial charge in [0, 0.05) is 5.38 Å². The van der Waals surface area contributed by atoms with Crippen molar-refractivity contribution in [2.24, 2.45) is 0 Å². The van der Waals surface area contributed by atoms with E-state index in [0.717, 1.165) is 0 Å². The van der Waals surface area contributed by atoms with Crippen molar-refractivity contribution in [2.45, 2.75) is 31.5 Å². The van der Waals surface area contributed by atoms with Gasteiger partial charge >= 0.3 is 8.25 Å². The molecule has 76 valence electrons. The number of hydrogen-bond donors (Lipinski definition) is 1. The van der Waals surface area contributed by atoms with Crippen LogP contribution in [0.2, 0.25) is 0 Å². The summed E-state index contributed by atoms with van der Waals surface area (Å²) in [5.41, 5.74) is 0. The topological polar surface area (TPSA) is 46.5 Å². The Balaban J connectivity index is 0. The molecule has 0 spiro atoms. The largest absolute Gasteiger partial charge is 0.326 e. The maximum atomic E-state index is 9.81. The van der Waals surface area contributed by atoms with Crippen LogP contribution in [0.4, 0.5) is 0 Å². The SMILES string of the molecule is CC(C)Cl.CC(Cl)CO[PH](=O)O. The highest BCUT2D eigenvalue weighted by Gasteiger charge is 1.96. The Hall–Kier alpha value is 0.730. The minimum atomic E-state index is -2.76. The summed E-state index contributed by atoms with van der Waals surface area (Å²) in [4.78, 5) is 8.07. The summed E-state index contributed by atoms with van der Waals surface area (Å²) >= 11 is 10.6. The highest BCUT2D eigenvalue weighted by atomic mass is 35.5. The standard InChI is InChI=1S/C3H8ClO3P.C3H7Cl/c1-3(4)2-7-8(5)6;1-3(2)4/h3,8H,2H2,1H3,(H,5,6);3H,1-2H3. The molecule has 12 heavy (non-hydrogen) atoms. The van der Waals surface area contributed by atoms with Crippen molar-refractivity contribution in [3.63, 3.8) is 0 Å². The highest BCUT2D eigenvalue weighted by molar-refractivity contribution is 7.32. The molecular formula is C6H15Cl2O3P. The van der Waals surface area contributed by atoms with Gasteiger partial charge in [0.2, 0.25) is 0 Å². The third-order valence-electron chi connectivity index (χ3n) is 0.436. The minimum Gasteiger partial charge on any atom is -0.326 e. The van der Waals surface area contributed by atoms with Crippen molar-refractivity contribution < 1.29 is 14.0 Å². The molecule has 0 amide bonds. The van der Waals surface area contributed by atoms with Gasteiger partial charge in [0.05, 0.1) is 12.0 Å². The molecule has 0 bridgehead atoms. The molecule has 6 heteroatoms. The maximum absolute atomic E-state index is 9.81. The first-order valence-electron chi connectivity index (χ1n) is 3.50. The van der Waals surface area contributed by atoms with Crippen molar-refractivity contribution in [1.29, 1.82) is 0 Å². The lowest BCUT2D eigenvalue weighted by Crippen LogP contribution is -1.98. The van der Waals surface area contributed by atoms with Crippen LogP contribution >= 0.6 is 31.5 Å². The van der Waals surface area contributed by atoms with Crippen LogP contribution in [0.1, 0.15) is 20.8 Å². The number of halogens is 2. The molecule has 0 rings (SSSR count). The van der Waals surface area contributed by atoms with Gasteiger partial charge in [-0.05, 0) is 20.8 Å². The van der Waals surface area contributed by atoms with E-state index in [1.54, 1.807) is 6.92 Å². The van der Waals surface area contributed by atoms with Gasteiger partial charge in [0.1, 0.15) is 0 Å². The molecule has 0 aromatic rings. The summed E-state index contributed by atoms with van der Waals surface area (Å²) in [7, 11) is -2.76. The molecular weight excluding hydrogens is 222 g/mol. The van der Waals surface area contributed by atoms with E-state index < -0.39 is 8.25 Å². The minimum absolute atomic E-state index is 0.135. The van der Waals surface area contributed by atoms with Crippen molar-refractivity contribution in [3.8, 4) is 0 Å². The molecule has 0 saturated heterocycles. The van der Waals surface area contributed by atoms with Gasteiger partial charge < -0.3 is 9.42 Å². The predicted molar refractivity (Wildman–Crippen MR) is 53.5 cm³/mol. The lowest BCUT2D eigenvalue weighted by molar-refractivity contribution is 0.284. The Labute approximate surface area is 84.0 Å².